The minimum atomic E-state index is -0.474. The Kier molecular flexibility index (Phi) is 3.92. The Morgan fingerprint density at radius 1 is 1.12 bits per heavy atom. The fourth-order valence-corrected chi connectivity index (χ4v) is 3.32. The number of rotatable bonds is 2. The number of aliphatic imine (C=N–C) groups is 1. The molecule has 0 bridgehead atoms. The van der Waals surface area contributed by atoms with Crippen LogP contribution in [0.15, 0.2) is 53.5 Å². The molecule has 0 fully saturated rings. The van der Waals surface area contributed by atoms with Crippen LogP contribution in [0.1, 0.15) is 24.0 Å². The maximum Gasteiger partial charge on any atom is 0.318 e. The van der Waals surface area contributed by atoms with Gasteiger partial charge >= 0.3 is 5.97 Å². The Morgan fingerprint density at radius 2 is 1.72 bits per heavy atom. The summed E-state index contributed by atoms with van der Waals surface area (Å²) in [7, 11) is 1.96. The summed E-state index contributed by atoms with van der Waals surface area (Å²) in [6.07, 6.45) is -0.233. The van der Waals surface area contributed by atoms with Crippen molar-refractivity contribution in [2.24, 2.45) is 4.99 Å². The van der Waals surface area contributed by atoms with Crippen molar-refractivity contribution in [2.45, 2.75) is 18.9 Å². The molecule has 2 heterocycles. The molecule has 5 heteroatoms. The van der Waals surface area contributed by atoms with Crippen molar-refractivity contribution < 1.29 is 14.3 Å². The van der Waals surface area contributed by atoms with E-state index in [1.807, 2.05) is 67.4 Å². The van der Waals surface area contributed by atoms with E-state index in [1.54, 1.807) is 0 Å². The fraction of sp³-hybridized carbons (Fsp3) is 0.300. The second-order valence-corrected chi connectivity index (χ2v) is 6.44. The second-order valence-electron chi connectivity index (χ2n) is 6.44. The van der Waals surface area contributed by atoms with E-state index in [0.717, 1.165) is 17.0 Å². The Labute approximate surface area is 146 Å². The lowest BCUT2D eigenvalue weighted by Gasteiger charge is -2.31. The zero-order valence-electron chi connectivity index (χ0n) is 14.3. The SMILES string of the molecule is CC1=NCC(OC(=O)C2c3ccccc3Oc3ccccc32)CN1C. The van der Waals surface area contributed by atoms with E-state index < -0.39 is 5.92 Å². The number of fused-ring (bicyclic) bond motifs is 2. The lowest BCUT2D eigenvalue weighted by Crippen LogP contribution is -2.42. The van der Waals surface area contributed by atoms with Crippen molar-refractivity contribution in [3.05, 3.63) is 59.7 Å². The van der Waals surface area contributed by atoms with Gasteiger partial charge in [-0.25, -0.2) is 0 Å². The van der Waals surface area contributed by atoms with E-state index >= 15 is 0 Å². The van der Waals surface area contributed by atoms with Gasteiger partial charge in [0.15, 0.2) is 0 Å². The smallest absolute Gasteiger partial charge is 0.318 e. The summed E-state index contributed by atoms with van der Waals surface area (Å²) in [4.78, 5) is 19.5. The summed E-state index contributed by atoms with van der Waals surface area (Å²) in [6.45, 7) is 3.13. The second kappa shape index (κ2) is 6.24. The maximum absolute atomic E-state index is 13.0. The molecule has 0 N–H and O–H groups in total. The third kappa shape index (κ3) is 2.86. The number of amidine groups is 1. The lowest BCUT2D eigenvalue weighted by molar-refractivity contribution is -0.150. The molecule has 5 nitrogen and oxygen atoms in total. The Morgan fingerprint density at radius 3 is 2.32 bits per heavy atom. The first kappa shape index (κ1) is 15.7. The van der Waals surface area contributed by atoms with Crippen molar-refractivity contribution in [1.29, 1.82) is 0 Å². The molecule has 0 amide bonds. The van der Waals surface area contributed by atoms with Crippen LogP contribution in [0.5, 0.6) is 11.5 Å². The molecule has 128 valence electrons. The van der Waals surface area contributed by atoms with Crippen molar-refractivity contribution in [1.82, 2.24) is 4.90 Å². The van der Waals surface area contributed by atoms with Gasteiger partial charge in [0.05, 0.1) is 18.9 Å². The summed E-state index contributed by atoms with van der Waals surface area (Å²) < 4.78 is 11.8. The number of hydrogen-bond donors (Lipinski definition) is 0. The van der Waals surface area contributed by atoms with Gasteiger partial charge < -0.3 is 14.4 Å². The van der Waals surface area contributed by atoms with Gasteiger partial charge in [0.25, 0.3) is 0 Å². The topological polar surface area (TPSA) is 51.1 Å². The van der Waals surface area contributed by atoms with Crippen LogP contribution in [0.2, 0.25) is 0 Å². The van der Waals surface area contributed by atoms with Gasteiger partial charge in [0, 0.05) is 18.2 Å². The minimum Gasteiger partial charge on any atom is -0.458 e. The van der Waals surface area contributed by atoms with E-state index in [1.165, 1.54) is 0 Å². The molecule has 1 unspecified atom stereocenters. The highest BCUT2D eigenvalue weighted by molar-refractivity contribution is 5.86. The van der Waals surface area contributed by atoms with Crippen LogP contribution in [0.3, 0.4) is 0 Å². The number of hydrogen-bond acceptors (Lipinski definition) is 5. The normalized spacial score (nSPS) is 19.4. The van der Waals surface area contributed by atoms with Crippen LogP contribution in [0.25, 0.3) is 0 Å². The lowest BCUT2D eigenvalue weighted by atomic mass is 9.88. The van der Waals surface area contributed by atoms with Gasteiger partial charge in [-0.15, -0.1) is 0 Å². The van der Waals surface area contributed by atoms with E-state index in [0.29, 0.717) is 24.6 Å². The van der Waals surface area contributed by atoms with Gasteiger partial charge in [0.2, 0.25) is 0 Å². The van der Waals surface area contributed by atoms with Crippen LogP contribution in [0, 0.1) is 0 Å². The molecule has 25 heavy (non-hydrogen) atoms. The van der Waals surface area contributed by atoms with Gasteiger partial charge in [-0.1, -0.05) is 36.4 Å². The number of carbonyl (C=O) groups is 1. The van der Waals surface area contributed by atoms with Crippen molar-refractivity contribution in [2.75, 3.05) is 20.1 Å². The summed E-state index contributed by atoms with van der Waals surface area (Å²) in [5.41, 5.74) is 1.69. The largest absolute Gasteiger partial charge is 0.458 e. The molecule has 0 spiro atoms. The minimum absolute atomic E-state index is 0.233. The predicted octanol–water partition coefficient (Wildman–Crippen LogP) is 3.20. The third-order valence-corrected chi connectivity index (χ3v) is 4.75. The van der Waals surface area contributed by atoms with Crippen LogP contribution in [-0.2, 0) is 9.53 Å². The summed E-state index contributed by atoms with van der Waals surface area (Å²) in [5, 5.41) is 0. The molecule has 2 aliphatic heterocycles. The summed E-state index contributed by atoms with van der Waals surface area (Å²) >= 11 is 0. The first-order chi connectivity index (χ1) is 12.1. The number of esters is 1. The van der Waals surface area contributed by atoms with Crippen LogP contribution in [0.4, 0.5) is 0 Å². The zero-order chi connectivity index (χ0) is 17.4. The van der Waals surface area contributed by atoms with Gasteiger partial charge in [0.1, 0.15) is 23.5 Å². The highest BCUT2D eigenvalue weighted by Crippen LogP contribution is 2.44. The van der Waals surface area contributed by atoms with E-state index in [2.05, 4.69) is 4.99 Å². The highest BCUT2D eigenvalue weighted by atomic mass is 16.5. The van der Waals surface area contributed by atoms with Crippen LogP contribution < -0.4 is 4.74 Å². The first-order valence-electron chi connectivity index (χ1n) is 8.42. The molecule has 0 aromatic heterocycles. The van der Waals surface area contributed by atoms with Crippen molar-refractivity contribution >= 4 is 11.8 Å². The predicted molar refractivity (Wildman–Crippen MR) is 95.3 cm³/mol. The van der Waals surface area contributed by atoms with Gasteiger partial charge in [-0.05, 0) is 19.1 Å². The number of para-hydroxylation sites is 2. The van der Waals surface area contributed by atoms with Crippen molar-refractivity contribution in [3.63, 3.8) is 0 Å². The van der Waals surface area contributed by atoms with E-state index in [9.17, 15) is 4.79 Å². The average molecular weight is 336 g/mol. The Hall–Kier alpha value is -2.82. The third-order valence-electron chi connectivity index (χ3n) is 4.75. The number of benzene rings is 2. The molecule has 1 atom stereocenters. The summed E-state index contributed by atoms with van der Waals surface area (Å²) in [6, 6.07) is 15.3. The summed E-state index contributed by atoms with van der Waals surface area (Å²) in [5.74, 6) is 1.65. The maximum atomic E-state index is 13.0. The molecule has 0 saturated carbocycles. The molecule has 2 aromatic rings. The average Bonchev–Trinajstić information content (AvgIpc) is 2.62. The molecule has 0 aliphatic carbocycles. The van der Waals surface area contributed by atoms with Crippen LogP contribution in [-0.4, -0.2) is 42.9 Å². The number of nitrogens with zero attached hydrogens (tertiary/aromatic N) is 2. The molecular weight excluding hydrogens is 316 g/mol. The fourth-order valence-electron chi connectivity index (χ4n) is 3.32. The monoisotopic (exact) mass is 336 g/mol. The zero-order valence-corrected chi connectivity index (χ0v) is 14.3. The molecule has 2 aliphatic rings. The first-order valence-corrected chi connectivity index (χ1v) is 8.42. The standard InChI is InChI=1S/C20H20N2O3/c1-13-21-11-14(12-22(13)2)24-20(23)19-15-7-3-5-9-17(15)25-18-10-6-4-8-16(18)19/h3-10,14,19H,11-12H2,1-2H3. The van der Waals surface area contributed by atoms with Gasteiger partial charge in [-0.2, -0.15) is 0 Å². The molecule has 0 saturated heterocycles. The molecular formula is C20H20N2O3. The molecule has 2 aromatic carbocycles. The van der Waals surface area contributed by atoms with Crippen molar-refractivity contribution in [3.8, 4) is 11.5 Å². The number of likely N-dealkylation sites (N-methyl/N-ethyl adjacent to an activating group) is 1. The van der Waals surface area contributed by atoms with Gasteiger partial charge in [-0.3, -0.25) is 9.79 Å². The quantitative estimate of drug-likeness (QED) is 0.790. The van der Waals surface area contributed by atoms with E-state index in [4.69, 9.17) is 9.47 Å². The molecule has 4 rings (SSSR count). The Balaban J connectivity index is 1.64. The molecule has 0 radical (unpaired) electrons. The number of ether oxygens (including phenoxy) is 2. The van der Waals surface area contributed by atoms with E-state index in [-0.39, 0.29) is 12.1 Å². The van der Waals surface area contributed by atoms with Crippen LogP contribution >= 0.6 is 0 Å². The highest BCUT2D eigenvalue weighted by Gasteiger charge is 2.35. The Bertz CT molecular complexity index is 801. The number of carbonyl (C=O) groups excluding carboxylic acids is 1.